The van der Waals surface area contributed by atoms with E-state index in [1.54, 1.807) is 41.5 Å². The number of amides is 3. The molecule has 44 heavy (non-hydrogen) atoms. The topological polar surface area (TPSA) is 153 Å². The van der Waals surface area contributed by atoms with Crippen molar-refractivity contribution in [2.45, 2.75) is 162 Å². The maximum Gasteiger partial charge on any atom is 0.457 e. The average Bonchev–Trinajstić information content (AvgIpc) is 3.31. The number of carbonyl (C=O) groups is 4. The molecule has 2 saturated heterocycles. The van der Waals surface area contributed by atoms with Crippen LogP contribution in [-0.4, -0.2) is 87.8 Å². The summed E-state index contributed by atoms with van der Waals surface area (Å²) in [7, 11) is -0.409. The van der Waals surface area contributed by atoms with Gasteiger partial charge in [0, 0.05) is 19.0 Å². The molecular formula is C31H56BN3O9. The summed E-state index contributed by atoms with van der Waals surface area (Å²) in [6.07, 6.45) is 0.927. The molecule has 0 unspecified atom stereocenters. The third-order valence-electron chi connectivity index (χ3n) is 8.61. The van der Waals surface area contributed by atoms with E-state index in [1.165, 1.54) is 4.90 Å². The van der Waals surface area contributed by atoms with Gasteiger partial charge in [0.15, 0.2) is 0 Å². The van der Waals surface area contributed by atoms with Gasteiger partial charge in [-0.3, -0.25) is 9.69 Å². The van der Waals surface area contributed by atoms with E-state index in [0.29, 0.717) is 25.6 Å². The molecule has 0 spiro atoms. The summed E-state index contributed by atoms with van der Waals surface area (Å²) in [6.45, 7) is 21.9. The first kappa shape index (κ1) is 37.7. The SMILES string of the molecule is CC[C@H](C)[C@H](NC(=O)OC(C)(C)C)C(=O)N[C@H]1CN(C(=O)OC(C)(C)C)[C@@](CCCCB2OC(C)(C)C(C)(C)O2)(C(=O)O)C1. The number of nitrogens with zero attached hydrogens (tertiary/aromatic N) is 1. The molecule has 2 fully saturated rings. The van der Waals surface area contributed by atoms with Gasteiger partial charge in [0.25, 0.3) is 0 Å². The van der Waals surface area contributed by atoms with Crippen LogP contribution in [0, 0.1) is 5.92 Å². The largest absolute Gasteiger partial charge is 0.479 e. The lowest BCUT2D eigenvalue weighted by molar-refractivity contribution is -0.150. The number of carbonyl (C=O) groups excluding carboxylic acids is 3. The van der Waals surface area contributed by atoms with Gasteiger partial charge < -0.3 is 34.5 Å². The van der Waals surface area contributed by atoms with Crippen molar-refractivity contribution >= 4 is 31.2 Å². The Balaban J connectivity index is 2.22. The monoisotopic (exact) mass is 625 g/mol. The molecule has 2 aliphatic rings. The molecule has 2 rings (SSSR count). The van der Waals surface area contributed by atoms with Crippen LogP contribution < -0.4 is 10.6 Å². The fraction of sp³-hybridized carbons (Fsp3) is 0.871. The van der Waals surface area contributed by atoms with Crippen molar-refractivity contribution in [2.24, 2.45) is 5.92 Å². The Bertz CT molecular complexity index is 1040. The zero-order valence-electron chi connectivity index (χ0n) is 28.9. The summed E-state index contributed by atoms with van der Waals surface area (Å²) in [6, 6.07) is -1.59. The van der Waals surface area contributed by atoms with Crippen LogP contribution in [0.3, 0.4) is 0 Å². The third-order valence-corrected chi connectivity index (χ3v) is 8.61. The fourth-order valence-corrected chi connectivity index (χ4v) is 5.43. The molecular weight excluding hydrogens is 569 g/mol. The van der Waals surface area contributed by atoms with E-state index in [0.717, 1.165) is 0 Å². The maximum atomic E-state index is 13.5. The zero-order valence-corrected chi connectivity index (χ0v) is 28.9. The summed E-state index contributed by atoms with van der Waals surface area (Å²) < 4.78 is 23.1. The number of hydrogen-bond donors (Lipinski definition) is 3. The molecule has 0 saturated carbocycles. The van der Waals surface area contributed by atoms with Crippen molar-refractivity contribution in [2.75, 3.05) is 6.54 Å². The molecule has 4 atom stereocenters. The number of aliphatic carboxylic acids is 1. The molecule has 3 amide bonds. The number of alkyl carbamates (subject to hydrolysis) is 1. The predicted molar refractivity (Wildman–Crippen MR) is 167 cm³/mol. The summed E-state index contributed by atoms with van der Waals surface area (Å²) >= 11 is 0. The van der Waals surface area contributed by atoms with Gasteiger partial charge in [-0.2, -0.15) is 0 Å². The van der Waals surface area contributed by atoms with Crippen LogP contribution in [0.25, 0.3) is 0 Å². The van der Waals surface area contributed by atoms with E-state index < -0.39 is 71.2 Å². The highest BCUT2D eigenvalue weighted by Crippen LogP contribution is 2.40. The molecule has 0 bridgehead atoms. The molecule has 2 heterocycles. The number of carboxylic acid groups (broad SMARTS) is 1. The second kappa shape index (κ2) is 13.8. The molecule has 0 radical (unpaired) electrons. The number of unbranched alkanes of at least 4 members (excludes halogenated alkanes) is 1. The van der Waals surface area contributed by atoms with Gasteiger partial charge in [-0.15, -0.1) is 0 Å². The van der Waals surface area contributed by atoms with E-state index in [9.17, 15) is 24.3 Å². The molecule has 3 N–H and O–H groups in total. The van der Waals surface area contributed by atoms with E-state index in [4.69, 9.17) is 18.8 Å². The number of hydrogen-bond acceptors (Lipinski definition) is 8. The van der Waals surface area contributed by atoms with Crippen molar-refractivity contribution in [3.05, 3.63) is 0 Å². The van der Waals surface area contributed by atoms with Gasteiger partial charge in [0.1, 0.15) is 22.8 Å². The number of carboxylic acids is 1. The quantitative estimate of drug-likeness (QED) is 0.209. The first-order valence-corrected chi connectivity index (χ1v) is 15.8. The normalized spacial score (nSPS) is 24.4. The molecule has 0 aromatic heterocycles. The number of nitrogens with one attached hydrogen (secondary N) is 2. The molecule has 2 aliphatic heterocycles. The van der Waals surface area contributed by atoms with Crippen LogP contribution in [-0.2, 0) is 28.4 Å². The van der Waals surface area contributed by atoms with Crippen molar-refractivity contribution in [1.82, 2.24) is 15.5 Å². The highest BCUT2D eigenvalue weighted by atomic mass is 16.7. The standard InChI is InChI=1S/C31H56BN3O9/c1-13-20(2)22(34-25(39)41-27(3,4)5)23(36)33-21-18-31(24(37)38,35(19-21)26(40)42-28(6,7)8)16-14-15-17-32-43-29(9,10)30(11,12)44-32/h20-22H,13-19H2,1-12H3,(H,33,36)(H,34,39)(H,37,38)/t20-,21+,22-,31+/m0/s1. The smallest absolute Gasteiger partial charge is 0.457 e. The molecule has 0 aromatic rings. The van der Waals surface area contributed by atoms with Crippen molar-refractivity contribution in [3.63, 3.8) is 0 Å². The predicted octanol–water partition coefficient (Wildman–Crippen LogP) is 5.14. The molecule has 12 nitrogen and oxygen atoms in total. The Morgan fingerprint density at radius 3 is 2.00 bits per heavy atom. The fourth-order valence-electron chi connectivity index (χ4n) is 5.43. The van der Waals surface area contributed by atoms with Crippen LogP contribution >= 0.6 is 0 Å². The Morgan fingerprint density at radius 1 is 0.977 bits per heavy atom. The second-order valence-corrected chi connectivity index (χ2v) is 15.3. The van der Waals surface area contributed by atoms with Crippen LogP contribution in [0.4, 0.5) is 9.59 Å². The van der Waals surface area contributed by atoms with E-state index >= 15 is 0 Å². The number of likely N-dealkylation sites (tertiary alicyclic amines) is 1. The lowest BCUT2D eigenvalue weighted by Crippen LogP contribution is -2.54. The number of ether oxygens (including phenoxy) is 2. The maximum absolute atomic E-state index is 13.5. The molecule has 0 aromatic carbocycles. The minimum atomic E-state index is -1.60. The molecule has 252 valence electrons. The van der Waals surface area contributed by atoms with E-state index in [-0.39, 0.29) is 25.3 Å². The van der Waals surface area contributed by atoms with Gasteiger partial charge in [-0.05, 0) is 87.9 Å². The Hall–Kier alpha value is -2.54. The van der Waals surface area contributed by atoms with Gasteiger partial charge >= 0.3 is 25.3 Å². The first-order chi connectivity index (χ1) is 19.9. The van der Waals surface area contributed by atoms with Crippen molar-refractivity contribution < 1.29 is 43.1 Å². The van der Waals surface area contributed by atoms with Gasteiger partial charge in [0.2, 0.25) is 5.91 Å². The first-order valence-electron chi connectivity index (χ1n) is 15.8. The van der Waals surface area contributed by atoms with Gasteiger partial charge in [-0.25, -0.2) is 14.4 Å². The minimum Gasteiger partial charge on any atom is -0.479 e. The molecule has 0 aliphatic carbocycles. The van der Waals surface area contributed by atoms with E-state index in [2.05, 4.69) is 10.6 Å². The van der Waals surface area contributed by atoms with Crippen LogP contribution in [0.5, 0.6) is 0 Å². The Labute approximate surface area is 263 Å². The van der Waals surface area contributed by atoms with Crippen LogP contribution in [0.1, 0.15) is 115 Å². The van der Waals surface area contributed by atoms with Gasteiger partial charge in [0.05, 0.1) is 11.2 Å². The lowest BCUT2D eigenvalue weighted by atomic mass is 9.80. The zero-order chi connectivity index (χ0) is 33.9. The lowest BCUT2D eigenvalue weighted by Gasteiger charge is -2.35. The Kier molecular flexibility index (Phi) is 11.8. The van der Waals surface area contributed by atoms with Gasteiger partial charge in [-0.1, -0.05) is 33.1 Å². The van der Waals surface area contributed by atoms with E-state index in [1.807, 2.05) is 41.5 Å². The highest BCUT2D eigenvalue weighted by Gasteiger charge is 2.55. The average molecular weight is 626 g/mol. The summed E-state index contributed by atoms with van der Waals surface area (Å²) in [4.78, 5) is 53.6. The summed E-state index contributed by atoms with van der Waals surface area (Å²) in [5, 5.41) is 16.1. The molecule has 13 heteroatoms. The summed E-state index contributed by atoms with van der Waals surface area (Å²) in [5.41, 5.74) is -4.12. The van der Waals surface area contributed by atoms with Crippen molar-refractivity contribution in [1.29, 1.82) is 0 Å². The second-order valence-electron chi connectivity index (χ2n) is 15.3. The minimum absolute atomic E-state index is 0.0104. The summed E-state index contributed by atoms with van der Waals surface area (Å²) in [5.74, 6) is -1.87. The third kappa shape index (κ3) is 9.73. The highest BCUT2D eigenvalue weighted by molar-refractivity contribution is 6.45. The number of rotatable bonds is 11. The van der Waals surface area contributed by atoms with Crippen LogP contribution in [0.15, 0.2) is 0 Å². The van der Waals surface area contributed by atoms with Crippen molar-refractivity contribution in [3.8, 4) is 0 Å². The van der Waals surface area contributed by atoms with Crippen LogP contribution in [0.2, 0.25) is 6.32 Å². The Morgan fingerprint density at radius 2 is 1.52 bits per heavy atom.